The van der Waals surface area contributed by atoms with Crippen LogP contribution in [-0.2, 0) is 9.47 Å². The van der Waals surface area contributed by atoms with E-state index >= 15 is 0 Å². The normalized spacial score (nSPS) is 34.7. The van der Waals surface area contributed by atoms with Crippen molar-refractivity contribution in [2.24, 2.45) is 17.8 Å². The Kier molecular flexibility index (Phi) is 6.66. The lowest BCUT2D eigenvalue weighted by atomic mass is 9.73. The quantitative estimate of drug-likeness (QED) is 0.581. The lowest BCUT2D eigenvalue weighted by Gasteiger charge is -2.35. The van der Waals surface area contributed by atoms with Crippen LogP contribution in [0, 0.1) is 17.8 Å². The molecule has 2 fully saturated rings. The Morgan fingerprint density at radius 1 is 0.857 bits per heavy atom. The van der Waals surface area contributed by atoms with E-state index in [1.54, 1.807) is 12.5 Å². The van der Waals surface area contributed by atoms with Gasteiger partial charge in [0.15, 0.2) is 0 Å². The zero-order chi connectivity index (χ0) is 15.1. The van der Waals surface area contributed by atoms with Crippen LogP contribution in [-0.4, -0.2) is 12.2 Å². The highest BCUT2D eigenvalue weighted by Crippen LogP contribution is 2.38. The molecule has 2 aliphatic carbocycles. The van der Waals surface area contributed by atoms with Crippen LogP contribution >= 0.6 is 0 Å². The lowest BCUT2D eigenvalue weighted by Crippen LogP contribution is -2.27. The van der Waals surface area contributed by atoms with Gasteiger partial charge in [-0.3, -0.25) is 0 Å². The third-order valence-corrected chi connectivity index (χ3v) is 5.60. The molecule has 0 saturated heterocycles. The maximum Gasteiger partial charge on any atom is 0.0978 e. The van der Waals surface area contributed by atoms with Gasteiger partial charge in [0.25, 0.3) is 0 Å². The Hall–Kier alpha value is -0.920. The van der Waals surface area contributed by atoms with Gasteiger partial charge in [-0.1, -0.05) is 20.1 Å². The van der Waals surface area contributed by atoms with Crippen LogP contribution < -0.4 is 0 Å². The fourth-order valence-electron chi connectivity index (χ4n) is 4.29. The van der Waals surface area contributed by atoms with Crippen molar-refractivity contribution in [3.63, 3.8) is 0 Å². The zero-order valence-corrected chi connectivity index (χ0v) is 13.6. The second-order valence-corrected chi connectivity index (χ2v) is 7.00. The molecule has 2 saturated carbocycles. The number of hydrogen-bond acceptors (Lipinski definition) is 2. The van der Waals surface area contributed by atoms with Crippen LogP contribution in [0.4, 0.5) is 0 Å². The molecule has 0 N–H and O–H groups in total. The summed E-state index contributed by atoms with van der Waals surface area (Å²) in [5.41, 5.74) is 0. The van der Waals surface area contributed by atoms with Crippen molar-refractivity contribution in [2.75, 3.05) is 0 Å². The van der Waals surface area contributed by atoms with Crippen LogP contribution in [0.1, 0.15) is 64.7 Å². The summed E-state index contributed by atoms with van der Waals surface area (Å²) in [4.78, 5) is 0. The first-order valence-electron chi connectivity index (χ1n) is 8.75. The van der Waals surface area contributed by atoms with Crippen LogP contribution in [0.5, 0.6) is 0 Å². The van der Waals surface area contributed by atoms with E-state index in [0.717, 1.165) is 17.8 Å². The highest BCUT2D eigenvalue weighted by atomic mass is 16.5. The highest BCUT2D eigenvalue weighted by molar-refractivity contribution is 4.81. The molecule has 120 valence electrons. The van der Waals surface area contributed by atoms with Crippen molar-refractivity contribution >= 4 is 0 Å². The Labute approximate surface area is 130 Å². The van der Waals surface area contributed by atoms with Gasteiger partial charge in [0.2, 0.25) is 0 Å². The predicted molar refractivity (Wildman–Crippen MR) is 87.8 cm³/mol. The Morgan fingerprint density at radius 3 is 1.81 bits per heavy atom. The Morgan fingerprint density at radius 2 is 1.33 bits per heavy atom. The standard InChI is InChI=1S/C19H32O2/c1-4-20-18-10-6-16(7-11-18)14-15(3)17-8-12-19(13-9-17)21-5-2/h4-5,15-19H,1-2,6-14H2,3H3. The molecule has 1 unspecified atom stereocenters. The SMILES string of the molecule is C=COC1CCC(CC(C)C2CCC(OC=C)CC2)CC1. The van der Waals surface area contributed by atoms with E-state index in [2.05, 4.69) is 20.1 Å². The number of rotatable bonds is 7. The van der Waals surface area contributed by atoms with Gasteiger partial charge in [-0.05, 0) is 75.5 Å². The summed E-state index contributed by atoms with van der Waals surface area (Å²) < 4.78 is 11.1. The molecule has 2 aliphatic rings. The van der Waals surface area contributed by atoms with E-state index in [1.807, 2.05) is 0 Å². The molecule has 0 bridgehead atoms. The average molecular weight is 292 g/mol. The van der Waals surface area contributed by atoms with E-state index in [9.17, 15) is 0 Å². The van der Waals surface area contributed by atoms with Crippen LogP contribution in [0.15, 0.2) is 25.7 Å². The molecule has 0 aliphatic heterocycles. The van der Waals surface area contributed by atoms with E-state index in [4.69, 9.17) is 9.47 Å². The molecule has 0 amide bonds. The molecule has 2 heteroatoms. The highest BCUT2D eigenvalue weighted by Gasteiger charge is 2.29. The van der Waals surface area contributed by atoms with Gasteiger partial charge in [0.05, 0.1) is 24.7 Å². The minimum atomic E-state index is 0.428. The molecular weight excluding hydrogens is 260 g/mol. The van der Waals surface area contributed by atoms with Gasteiger partial charge in [-0.15, -0.1) is 0 Å². The minimum Gasteiger partial charge on any atom is -0.499 e. The van der Waals surface area contributed by atoms with Gasteiger partial charge in [-0.2, -0.15) is 0 Å². The van der Waals surface area contributed by atoms with Crippen LogP contribution in [0.2, 0.25) is 0 Å². The number of hydrogen-bond donors (Lipinski definition) is 0. The third-order valence-electron chi connectivity index (χ3n) is 5.60. The monoisotopic (exact) mass is 292 g/mol. The Bertz CT molecular complexity index is 310. The van der Waals surface area contributed by atoms with E-state index < -0.39 is 0 Å². The van der Waals surface area contributed by atoms with Crippen molar-refractivity contribution in [3.8, 4) is 0 Å². The lowest BCUT2D eigenvalue weighted by molar-refractivity contribution is 0.0616. The maximum atomic E-state index is 5.54. The van der Waals surface area contributed by atoms with E-state index in [-0.39, 0.29) is 0 Å². The fourth-order valence-corrected chi connectivity index (χ4v) is 4.29. The van der Waals surface area contributed by atoms with E-state index in [0.29, 0.717) is 12.2 Å². The second kappa shape index (κ2) is 8.51. The molecule has 0 aromatic heterocycles. The van der Waals surface area contributed by atoms with Gasteiger partial charge in [0.1, 0.15) is 0 Å². The topological polar surface area (TPSA) is 18.5 Å². The first-order valence-corrected chi connectivity index (χ1v) is 8.75. The molecule has 0 heterocycles. The molecule has 0 aromatic rings. The average Bonchev–Trinajstić information content (AvgIpc) is 2.50. The summed E-state index contributed by atoms with van der Waals surface area (Å²) in [6.45, 7) is 9.79. The third kappa shape index (κ3) is 5.09. The summed E-state index contributed by atoms with van der Waals surface area (Å²) in [5, 5.41) is 0. The first-order chi connectivity index (χ1) is 10.2. The summed E-state index contributed by atoms with van der Waals surface area (Å²) in [5.74, 6) is 2.67. The van der Waals surface area contributed by atoms with Gasteiger partial charge < -0.3 is 9.47 Å². The Balaban J connectivity index is 1.67. The van der Waals surface area contributed by atoms with Crippen molar-refractivity contribution in [1.82, 2.24) is 0 Å². The second-order valence-electron chi connectivity index (χ2n) is 7.00. The van der Waals surface area contributed by atoms with Crippen molar-refractivity contribution in [1.29, 1.82) is 0 Å². The number of ether oxygens (including phenoxy) is 2. The summed E-state index contributed by atoms with van der Waals surface area (Å²) in [6, 6.07) is 0. The van der Waals surface area contributed by atoms with E-state index in [1.165, 1.54) is 57.8 Å². The van der Waals surface area contributed by atoms with Crippen LogP contribution in [0.3, 0.4) is 0 Å². The molecular formula is C19H32O2. The molecule has 2 nitrogen and oxygen atoms in total. The smallest absolute Gasteiger partial charge is 0.0978 e. The molecule has 0 aromatic carbocycles. The maximum absolute atomic E-state index is 5.54. The largest absolute Gasteiger partial charge is 0.499 e. The molecule has 2 rings (SSSR count). The van der Waals surface area contributed by atoms with Gasteiger partial charge in [-0.25, -0.2) is 0 Å². The van der Waals surface area contributed by atoms with Crippen molar-refractivity contribution in [3.05, 3.63) is 25.7 Å². The van der Waals surface area contributed by atoms with Gasteiger partial charge in [0, 0.05) is 0 Å². The van der Waals surface area contributed by atoms with Crippen molar-refractivity contribution in [2.45, 2.75) is 76.9 Å². The molecule has 0 radical (unpaired) electrons. The summed E-state index contributed by atoms with van der Waals surface area (Å²) >= 11 is 0. The summed E-state index contributed by atoms with van der Waals surface area (Å²) in [6.07, 6.45) is 15.6. The zero-order valence-electron chi connectivity index (χ0n) is 13.6. The molecule has 0 spiro atoms. The fraction of sp³-hybridized carbons (Fsp3) is 0.789. The summed E-state index contributed by atoms with van der Waals surface area (Å²) in [7, 11) is 0. The van der Waals surface area contributed by atoms with Crippen LogP contribution in [0.25, 0.3) is 0 Å². The first kappa shape index (κ1) is 16.5. The predicted octanol–water partition coefficient (Wildman–Crippen LogP) is 5.45. The van der Waals surface area contributed by atoms with Crippen molar-refractivity contribution < 1.29 is 9.47 Å². The molecule has 21 heavy (non-hydrogen) atoms. The van der Waals surface area contributed by atoms with Gasteiger partial charge >= 0.3 is 0 Å². The minimum absolute atomic E-state index is 0.428. The molecule has 1 atom stereocenters.